The number of hydrogen-bond donors (Lipinski definition) is 2. The molecule has 1 atom stereocenters. The third-order valence-electron chi connectivity index (χ3n) is 6.18. The van der Waals surface area contributed by atoms with Crippen molar-refractivity contribution in [2.75, 3.05) is 58.0 Å². The molecule has 1 aliphatic carbocycles. The van der Waals surface area contributed by atoms with Gasteiger partial charge in [0.1, 0.15) is 11.9 Å². The van der Waals surface area contributed by atoms with Gasteiger partial charge >= 0.3 is 0 Å². The second-order valence-corrected chi connectivity index (χ2v) is 9.85. The Morgan fingerprint density at radius 1 is 1.18 bits per heavy atom. The average molecular weight is 536 g/mol. The third-order valence-corrected chi connectivity index (χ3v) is 6.18. The van der Waals surface area contributed by atoms with Gasteiger partial charge in [-0.3, -0.25) is 9.59 Å². The highest BCUT2D eigenvalue weighted by atomic mass is 16.2. The molecule has 0 spiro atoms. The van der Waals surface area contributed by atoms with Gasteiger partial charge in [-0.05, 0) is 52.3 Å². The predicted molar refractivity (Wildman–Crippen MR) is 159 cm³/mol. The molecule has 39 heavy (non-hydrogen) atoms. The van der Waals surface area contributed by atoms with Gasteiger partial charge in [0.25, 0.3) is 0 Å². The maximum atomic E-state index is 12.7. The van der Waals surface area contributed by atoms with Crippen molar-refractivity contribution in [3.8, 4) is 11.8 Å². The van der Waals surface area contributed by atoms with Crippen LogP contribution in [0, 0.1) is 11.8 Å². The highest BCUT2D eigenvalue weighted by molar-refractivity contribution is 5.92. The second-order valence-electron chi connectivity index (χ2n) is 9.85. The van der Waals surface area contributed by atoms with Crippen molar-refractivity contribution in [3.63, 3.8) is 0 Å². The molecule has 9 nitrogen and oxygen atoms in total. The number of nitrogens with one attached hydrogen (secondary N) is 2. The molecule has 0 aliphatic heterocycles. The van der Waals surface area contributed by atoms with Gasteiger partial charge in [-0.1, -0.05) is 43.9 Å². The zero-order chi connectivity index (χ0) is 28.6. The summed E-state index contributed by atoms with van der Waals surface area (Å²) in [5.74, 6) is 7.45. The van der Waals surface area contributed by atoms with Gasteiger partial charge in [-0.2, -0.15) is 4.98 Å². The lowest BCUT2D eigenvalue weighted by Crippen LogP contribution is -2.47. The first-order valence-corrected chi connectivity index (χ1v) is 13.8. The van der Waals surface area contributed by atoms with Crippen molar-refractivity contribution >= 4 is 23.6 Å². The first-order chi connectivity index (χ1) is 18.8. The number of amides is 2. The quantitative estimate of drug-likeness (QED) is 0.214. The molecule has 212 valence electrons. The average Bonchev–Trinajstić information content (AvgIpc) is 2.92. The lowest BCUT2D eigenvalue weighted by Gasteiger charge is -2.25. The number of nitrogens with zero attached hydrogens (tertiary/aromatic N) is 5. The Morgan fingerprint density at radius 2 is 1.97 bits per heavy atom. The van der Waals surface area contributed by atoms with Crippen LogP contribution in [0.25, 0.3) is 0 Å². The Bertz CT molecular complexity index is 1100. The van der Waals surface area contributed by atoms with E-state index in [1.54, 1.807) is 19.3 Å². The van der Waals surface area contributed by atoms with Crippen LogP contribution < -0.4 is 15.5 Å². The minimum absolute atomic E-state index is 0.148. The highest BCUT2D eigenvalue weighted by Gasteiger charge is 2.23. The summed E-state index contributed by atoms with van der Waals surface area (Å²) in [5.41, 5.74) is 1.79. The van der Waals surface area contributed by atoms with Crippen LogP contribution in [0.3, 0.4) is 0 Å². The standard InChI is InChI=1S/C30H45N7O2/c1-7-21-36(5)28-24(23-32-30(34-28)33-25-17-12-9-13-18-25)16-11-10-14-20-31-29(39)26(8-2)37(6)27(38)19-15-22-35(3)4/h12,15,17-19,23,26H,7-10,13-14,20-22H2,1-6H3,(H,31,39)(H,32,33,34)/b19-15+/t26-/m0/s1. The summed E-state index contributed by atoms with van der Waals surface area (Å²) in [6, 6.07) is -0.506. The van der Waals surface area contributed by atoms with Crippen molar-refractivity contribution in [2.45, 2.75) is 58.4 Å². The van der Waals surface area contributed by atoms with Crippen LogP contribution in [0.1, 0.15) is 57.9 Å². The molecule has 1 aromatic heterocycles. The topological polar surface area (TPSA) is 93.7 Å². The molecule has 0 saturated carbocycles. The van der Waals surface area contributed by atoms with Crippen molar-refractivity contribution < 1.29 is 9.59 Å². The summed E-state index contributed by atoms with van der Waals surface area (Å²) in [6.45, 7) is 6.06. The van der Waals surface area contributed by atoms with Crippen molar-refractivity contribution in [2.24, 2.45) is 0 Å². The molecule has 0 bridgehead atoms. The van der Waals surface area contributed by atoms with Gasteiger partial charge in [0.15, 0.2) is 0 Å². The zero-order valence-corrected chi connectivity index (χ0v) is 24.5. The largest absolute Gasteiger partial charge is 0.358 e. The van der Waals surface area contributed by atoms with Crippen LogP contribution in [-0.2, 0) is 9.59 Å². The summed E-state index contributed by atoms with van der Waals surface area (Å²) < 4.78 is 0. The van der Waals surface area contributed by atoms with E-state index in [4.69, 9.17) is 4.98 Å². The summed E-state index contributed by atoms with van der Waals surface area (Å²) >= 11 is 0. The predicted octanol–water partition coefficient (Wildman–Crippen LogP) is 3.57. The Morgan fingerprint density at radius 3 is 2.64 bits per heavy atom. The van der Waals surface area contributed by atoms with Crippen LogP contribution in [0.15, 0.2) is 42.3 Å². The van der Waals surface area contributed by atoms with E-state index in [1.165, 1.54) is 11.0 Å². The number of likely N-dealkylation sites (N-methyl/N-ethyl adjacent to an activating group) is 2. The van der Waals surface area contributed by atoms with Crippen LogP contribution in [0.4, 0.5) is 11.8 Å². The summed E-state index contributed by atoms with van der Waals surface area (Å²) in [6.07, 6.45) is 16.4. The molecule has 0 unspecified atom stereocenters. The molecule has 0 fully saturated rings. The van der Waals surface area contributed by atoms with E-state index < -0.39 is 6.04 Å². The molecular formula is C30H45N7O2. The second kappa shape index (κ2) is 17.0. The van der Waals surface area contributed by atoms with Gasteiger partial charge in [0, 0.05) is 51.9 Å². The minimum Gasteiger partial charge on any atom is -0.358 e. The Kier molecular flexibility index (Phi) is 13.8. The van der Waals surface area contributed by atoms with Crippen molar-refractivity contribution in [1.82, 2.24) is 25.1 Å². The Labute approximate surface area is 234 Å². The molecule has 1 aromatic rings. The Balaban J connectivity index is 1.92. The molecule has 0 aromatic carbocycles. The van der Waals surface area contributed by atoms with Crippen LogP contribution >= 0.6 is 0 Å². The fourth-order valence-electron chi connectivity index (χ4n) is 4.02. The first-order valence-electron chi connectivity index (χ1n) is 13.8. The normalized spacial score (nSPS) is 13.5. The smallest absolute Gasteiger partial charge is 0.246 e. The molecule has 2 rings (SSSR count). The van der Waals surface area contributed by atoms with E-state index in [-0.39, 0.29) is 11.8 Å². The number of hydrogen-bond acceptors (Lipinski definition) is 7. The van der Waals surface area contributed by atoms with E-state index in [1.807, 2.05) is 33.0 Å². The fourth-order valence-corrected chi connectivity index (χ4v) is 4.02. The number of anilines is 2. The lowest BCUT2D eigenvalue weighted by atomic mass is 10.1. The van der Waals surface area contributed by atoms with Gasteiger partial charge in [0.05, 0.1) is 11.8 Å². The Hall–Kier alpha value is -3.64. The fraction of sp³-hybridized carbons (Fsp3) is 0.533. The maximum Gasteiger partial charge on any atom is 0.246 e. The highest BCUT2D eigenvalue weighted by Crippen LogP contribution is 2.19. The van der Waals surface area contributed by atoms with Gasteiger partial charge in [-0.15, -0.1) is 0 Å². The number of carbonyl (C=O) groups is 2. The summed E-state index contributed by atoms with van der Waals surface area (Å²) in [7, 11) is 7.55. The maximum absolute atomic E-state index is 12.7. The van der Waals surface area contributed by atoms with E-state index >= 15 is 0 Å². The summed E-state index contributed by atoms with van der Waals surface area (Å²) in [4.78, 5) is 39.9. The van der Waals surface area contributed by atoms with Crippen LogP contribution in [0.2, 0.25) is 0 Å². The van der Waals surface area contributed by atoms with Crippen LogP contribution in [0.5, 0.6) is 0 Å². The summed E-state index contributed by atoms with van der Waals surface area (Å²) in [5, 5.41) is 6.24. The van der Waals surface area contributed by atoms with Gasteiger partial charge < -0.3 is 25.3 Å². The van der Waals surface area contributed by atoms with E-state index in [2.05, 4.69) is 57.5 Å². The number of unbranched alkanes of at least 4 members (excludes halogenated alkanes) is 1. The molecule has 0 saturated heterocycles. The zero-order valence-electron chi connectivity index (χ0n) is 24.5. The molecule has 1 heterocycles. The number of allylic oxidation sites excluding steroid dienone is 3. The number of carbonyl (C=O) groups excluding carboxylic acids is 2. The number of rotatable bonds is 14. The van der Waals surface area contributed by atoms with Crippen molar-refractivity contribution in [3.05, 3.63) is 47.8 Å². The molecule has 9 heteroatoms. The molecule has 0 radical (unpaired) electrons. The third kappa shape index (κ3) is 10.9. The van der Waals surface area contributed by atoms with E-state index in [0.29, 0.717) is 38.3 Å². The first kappa shape index (κ1) is 31.6. The van der Waals surface area contributed by atoms with Crippen molar-refractivity contribution in [1.29, 1.82) is 0 Å². The van der Waals surface area contributed by atoms with Crippen LogP contribution in [-0.4, -0.2) is 85.4 Å². The SMILES string of the molecule is CCCN(C)c1nc(NC2=CCCC=C2)ncc1C#CCCCNC(=O)[C@H](CC)N(C)C(=O)/C=C/CN(C)C. The minimum atomic E-state index is -0.506. The monoisotopic (exact) mass is 535 g/mol. The van der Waals surface area contributed by atoms with Gasteiger partial charge in [0.2, 0.25) is 17.8 Å². The lowest BCUT2D eigenvalue weighted by molar-refractivity contribution is -0.135. The van der Waals surface area contributed by atoms with E-state index in [9.17, 15) is 9.59 Å². The van der Waals surface area contributed by atoms with E-state index in [0.717, 1.165) is 42.9 Å². The van der Waals surface area contributed by atoms with Gasteiger partial charge in [-0.25, -0.2) is 4.98 Å². The number of aromatic nitrogens is 2. The molecular weight excluding hydrogens is 490 g/mol. The molecule has 2 N–H and O–H groups in total. The molecule has 1 aliphatic rings. The molecule has 2 amide bonds.